The second kappa shape index (κ2) is 6.28. The third-order valence-electron chi connectivity index (χ3n) is 4.12. The number of hydrogen-bond donors (Lipinski definition) is 1. The number of ether oxygens (including phenoxy) is 1. The maximum absolute atomic E-state index is 9.42. The second-order valence-electron chi connectivity index (χ2n) is 5.81. The van der Waals surface area contributed by atoms with E-state index in [1.807, 2.05) is 59.2 Å². The molecule has 0 bridgehead atoms. The van der Waals surface area contributed by atoms with Gasteiger partial charge in [0, 0.05) is 12.0 Å². The Morgan fingerprint density at radius 2 is 1.88 bits per heavy atom. The van der Waals surface area contributed by atoms with Crippen LogP contribution < -0.4 is 4.74 Å². The van der Waals surface area contributed by atoms with E-state index in [1.165, 1.54) is 0 Å². The van der Waals surface area contributed by atoms with Crippen molar-refractivity contribution in [2.24, 2.45) is 0 Å². The zero-order valence-electron chi connectivity index (χ0n) is 13.8. The SMILES string of the molecule is COc1cccc(-c2ccc3ncc(Cc4ccc(O)cc4)n3n2)c1. The monoisotopic (exact) mass is 331 g/mol. The number of aromatic hydroxyl groups is 1. The van der Waals surface area contributed by atoms with E-state index in [4.69, 9.17) is 9.84 Å². The standard InChI is InChI=1S/C20H17N3O2/c1-25-18-4-2-3-15(12-18)19-9-10-20-21-13-16(23(20)22-19)11-14-5-7-17(24)8-6-14/h2-10,12-13,24H,11H2,1H3. The number of imidazole rings is 1. The zero-order chi connectivity index (χ0) is 17.2. The molecule has 0 amide bonds. The number of hydrogen-bond acceptors (Lipinski definition) is 4. The summed E-state index contributed by atoms with van der Waals surface area (Å²) in [5, 5.41) is 14.2. The Labute approximate surface area is 145 Å². The molecule has 0 saturated heterocycles. The zero-order valence-corrected chi connectivity index (χ0v) is 13.8. The van der Waals surface area contributed by atoms with Crippen molar-refractivity contribution in [1.29, 1.82) is 0 Å². The van der Waals surface area contributed by atoms with Crippen LogP contribution in [0.4, 0.5) is 0 Å². The molecule has 1 N–H and O–H groups in total. The van der Waals surface area contributed by atoms with Gasteiger partial charge in [-0.25, -0.2) is 9.50 Å². The Hall–Kier alpha value is -3.34. The molecule has 4 rings (SSSR count). The minimum Gasteiger partial charge on any atom is -0.508 e. The lowest BCUT2D eigenvalue weighted by Gasteiger charge is -2.06. The number of nitrogens with zero attached hydrogens (tertiary/aromatic N) is 3. The van der Waals surface area contributed by atoms with Crippen molar-refractivity contribution in [2.45, 2.75) is 6.42 Å². The van der Waals surface area contributed by atoms with Crippen LogP contribution in [0, 0.1) is 0 Å². The van der Waals surface area contributed by atoms with E-state index in [2.05, 4.69) is 4.98 Å². The molecule has 2 aromatic carbocycles. The van der Waals surface area contributed by atoms with Crippen LogP contribution in [0.1, 0.15) is 11.3 Å². The molecular weight excluding hydrogens is 314 g/mol. The third-order valence-corrected chi connectivity index (χ3v) is 4.12. The number of rotatable bonds is 4. The molecule has 0 saturated carbocycles. The highest BCUT2D eigenvalue weighted by atomic mass is 16.5. The van der Waals surface area contributed by atoms with Gasteiger partial charge in [0.2, 0.25) is 0 Å². The van der Waals surface area contributed by atoms with Crippen molar-refractivity contribution in [3.63, 3.8) is 0 Å². The molecular formula is C20H17N3O2. The molecule has 0 spiro atoms. The fourth-order valence-electron chi connectivity index (χ4n) is 2.80. The third kappa shape index (κ3) is 3.04. The molecule has 124 valence electrons. The number of aromatic nitrogens is 3. The average molecular weight is 331 g/mol. The van der Waals surface area contributed by atoms with Crippen LogP contribution in [0.5, 0.6) is 11.5 Å². The summed E-state index contributed by atoms with van der Waals surface area (Å²) in [4.78, 5) is 4.43. The summed E-state index contributed by atoms with van der Waals surface area (Å²) in [6.07, 6.45) is 2.53. The summed E-state index contributed by atoms with van der Waals surface area (Å²) in [6.45, 7) is 0. The summed E-state index contributed by atoms with van der Waals surface area (Å²) in [5.74, 6) is 1.06. The van der Waals surface area contributed by atoms with Gasteiger partial charge in [0.05, 0.1) is 24.7 Å². The van der Waals surface area contributed by atoms with Crippen molar-refractivity contribution in [3.8, 4) is 22.8 Å². The lowest BCUT2D eigenvalue weighted by atomic mass is 10.1. The van der Waals surface area contributed by atoms with Crippen molar-refractivity contribution >= 4 is 5.65 Å². The van der Waals surface area contributed by atoms with Gasteiger partial charge in [0.15, 0.2) is 5.65 Å². The average Bonchev–Trinajstić information content (AvgIpc) is 3.06. The van der Waals surface area contributed by atoms with Crippen LogP contribution in [0.25, 0.3) is 16.9 Å². The lowest BCUT2D eigenvalue weighted by Crippen LogP contribution is -2.00. The largest absolute Gasteiger partial charge is 0.508 e. The Kier molecular flexibility index (Phi) is 3.82. The first-order valence-electron chi connectivity index (χ1n) is 7.99. The molecule has 0 aliphatic rings. The van der Waals surface area contributed by atoms with Crippen molar-refractivity contribution in [3.05, 3.63) is 78.1 Å². The van der Waals surface area contributed by atoms with Crippen LogP contribution in [0.2, 0.25) is 0 Å². The maximum atomic E-state index is 9.42. The molecule has 2 aromatic heterocycles. The van der Waals surface area contributed by atoms with E-state index in [0.29, 0.717) is 6.42 Å². The summed E-state index contributed by atoms with van der Waals surface area (Å²) in [5.41, 5.74) is 4.74. The number of phenolic OH excluding ortho intramolecular Hbond substituents is 1. The Balaban J connectivity index is 1.73. The normalized spacial score (nSPS) is 10.9. The molecule has 0 atom stereocenters. The van der Waals surface area contributed by atoms with Gasteiger partial charge in [-0.05, 0) is 42.0 Å². The fourth-order valence-corrected chi connectivity index (χ4v) is 2.80. The highest BCUT2D eigenvalue weighted by molar-refractivity contribution is 5.62. The number of fused-ring (bicyclic) bond motifs is 1. The predicted octanol–water partition coefficient (Wildman–Crippen LogP) is 3.70. The minimum atomic E-state index is 0.264. The first-order valence-corrected chi connectivity index (χ1v) is 7.99. The summed E-state index contributed by atoms with van der Waals surface area (Å²) >= 11 is 0. The minimum absolute atomic E-state index is 0.264. The lowest BCUT2D eigenvalue weighted by molar-refractivity contribution is 0.415. The molecule has 5 nitrogen and oxygen atoms in total. The van der Waals surface area contributed by atoms with Gasteiger partial charge in [-0.3, -0.25) is 0 Å². The van der Waals surface area contributed by atoms with Gasteiger partial charge in [-0.2, -0.15) is 5.10 Å². The van der Waals surface area contributed by atoms with E-state index >= 15 is 0 Å². The van der Waals surface area contributed by atoms with Gasteiger partial charge in [0.1, 0.15) is 11.5 Å². The van der Waals surface area contributed by atoms with E-state index in [1.54, 1.807) is 19.2 Å². The molecule has 0 radical (unpaired) electrons. The fraction of sp³-hybridized carbons (Fsp3) is 0.100. The van der Waals surface area contributed by atoms with Crippen LogP contribution in [0.15, 0.2) is 66.9 Å². The number of benzene rings is 2. The Morgan fingerprint density at radius 1 is 1.04 bits per heavy atom. The van der Waals surface area contributed by atoms with Crippen LogP contribution in [-0.4, -0.2) is 26.8 Å². The summed E-state index contributed by atoms with van der Waals surface area (Å²) < 4.78 is 7.16. The summed E-state index contributed by atoms with van der Waals surface area (Å²) in [6, 6.07) is 18.9. The number of methoxy groups -OCH3 is 1. The van der Waals surface area contributed by atoms with Gasteiger partial charge >= 0.3 is 0 Å². The van der Waals surface area contributed by atoms with Gasteiger partial charge in [-0.15, -0.1) is 0 Å². The number of phenols is 1. The molecule has 2 heterocycles. The maximum Gasteiger partial charge on any atom is 0.153 e. The molecule has 4 aromatic rings. The van der Waals surface area contributed by atoms with E-state index in [0.717, 1.165) is 33.9 Å². The smallest absolute Gasteiger partial charge is 0.153 e. The second-order valence-corrected chi connectivity index (χ2v) is 5.81. The predicted molar refractivity (Wildman–Crippen MR) is 95.9 cm³/mol. The Bertz CT molecular complexity index is 1020. The molecule has 0 aliphatic carbocycles. The first-order chi connectivity index (χ1) is 12.2. The van der Waals surface area contributed by atoms with Crippen molar-refractivity contribution < 1.29 is 9.84 Å². The van der Waals surface area contributed by atoms with Crippen LogP contribution in [-0.2, 0) is 6.42 Å². The summed E-state index contributed by atoms with van der Waals surface area (Å²) in [7, 11) is 1.65. The Morgan fingerprint density at radius 3 is 2.68 bits per heavy atom. The topological polar surface area (TPSA) is 59.7 Å². The molecule has 0 unspecified atom stereocenters. The molecule has 0 aliphatic heterocycles. The molecule has 5 heteroatoms. The van der Waals surface area contributed by atoms with Crippen LogP contribution >= 0.6 is 0 Å². The highest BCUT2D eigenvalue weighted by Crippen LogP contribution is 2.23. The van der Waals surface area contributed by atoms with Crippen LogP contribution in [0.3, 0.4) is 0 Å². The van der Waals surface area contributed by atoms with Gasteiger partial charge in [-0.1, -0.05) is 24.3 Å². The van der Waals surface area contributed by atoms with Gasteiger partial charge < -0.3 is 9.84 Å². The molecule has 0 fully saturated rings. The van der Waals surface area contributed by atoms with E-state index in [-0.39, 0.29) is 5.75 Å². The van der Waals surface area contributed by atoms with E-state index in [9.17, 15) is 5.11 Å². The highest BCUT2D eigenvalue weighted by Gasteiger charge is 2.08. The molecule has 25 heavy (non-hydrogen) atoms. The quantitative estimate of drug-likeness (QED) is 0.619. The van der Waals surface area contributed by atoms with Crippen molar-refractivity contribution in [1.82, 2.24) is 14.6 Å². The van der Waals surface area contributed by atoms with E-state index < -0.39 is 0 Å². The van der Waals surface area contributed by atoms with Crippen molar-refractivity contribution in [2.75, 3.05) is 7.11 Å². The first kappa shape index (κ1) is 15.2. The van der Waals surface area contributed by atoms with Gasteiger partial charge in [0.25, 0.3) is 0 Å².